The molecule has 5 heteroatoms. The van der Waals surface area contributed by atoms with Crippen LogP contribution in [0.1, 0.15) is 18.7 Å². The highest BCUT2D eigenvalue weighted by atomic mass is 32.1. The molecule has 1 fully saturated rings. The lowest BCUT2D eigenvalue weighted by molar-refractivity contribution is -0.121. The fourth-order valence-corrected chi connectivity index (χ4v) is 2.30. The van der Waals surface area contributed by atoms with Crippen molar-refractivity contribution in [2.45, 2.75) is 32.2 Å². The van der Waals surface area contributed by atoms with Crippen molar-refractivity contribution in [2.75, 3.05) is 19.7 Å². The highest BCUT2D eigenvalue weighted by Gasteiger charge is 2.28. The molecular weight excluding hydrogens is 224 g/mol. The van der Waals surface area contributed by atoms with Gasteiger partial charge in [0.1, 0.15) is 0 Å². The standard InChI is InChI=1S/C11H18N2O2S/c1-11(2)7-12-3-9(15-11)5-14-6-10-4-13-8-16-10/h4,8-9,12H,3,5-7H2,1-2H3. The van der Waals surface area contributed by atoms with Crippen LogP contribution in [0, 0.1) is 0 Å². The summed E-state index contributed by atoms with van der Waals surface area (Å²) in [6.45, 7) is 7.22. The lowest BCUT2D eigenvalue weighted by atomic mass is 10.1. The molecule has 1 aromatic rings. The molecule has 16 heavy (non-hydrogen) atoms. The summed E-state index contributed by atoms with van der Waals surface area (Å²) < 4.78 is 11.5. The van der Waals surface area contributed by atoms with E-state index in [0.717, 1.165) is 18.0 Å². The highest BCUT2D eigenvalue weighted by Crippen LogP contribution is 2.16. The van der Waals surface area contributed by atoms with Crippen molar-refractivity contribution in [1.82, 2.24) is 10.3 Å². The van der Waals surface area contributed by atoms with E-state index in [0.29, 0.717) is 13.2 Å². The molecule has 1 unspecified atom stereocenters. The molecule has 1 saturated heterocycles. The summed E-state index contributed by atoms with van der Waals surface area (Å²) in [5.74, 6) is 0. The van der Waals surface area contributed by atoms with Crippen molar-refractivity contribution < 1.29 is 9.47 Å². The van der Waals surface area contributed by atoms with Crippen LogP contribution in [0.25, 0.3) is 0 Å². The van der Waals surface area contributed by atoms with Crippen molar-refractivity contribution in [1.29, 1.82) is 0 Å². The Kier molecular flexibility index (Phi) is 3.91. The van der Waals surface area contributed by atoms with E-state index < -0.39 is 0 Å². The highest BCUT2D eigenvalue weighted by molar-refractivity contribution is 7.09. The van der Waals surface area contributed by atoms with E-state index >= 15 is 0 Å². The number of nitrogens with zero attached hydrogens (tertiary/aromatic N) is 1. The van der Waals surface area contributed by atoms with Crippen LogP contribution in [-0.2, 0) is 16.1 Å². The summed E-state index contributed by atoms with van der Waals surface area (Å²) in [6, 6.07) is 0. The van der Waals surface area contributed by atoms with Gasteiger partial charge in [-0.15, -0.1) is 11.3 Å². The van der Waals surface area contributed by atoms with Gasteiger partial charge < -0.3 is 14.8 Å². The first kappa shape index (κ1) is 12.0. The van der Waals surface area contributed by atoms with Gasteiger partial charge in [0.15, 0.2) is 0 Å². The summed E-state index contributed by atoms with van der Waals surface area (Å²) in [6.07, 6.45) is 1.99. The first-order valence-electron chi connectivity index (χ1n) is 5.49. The predicted octanol–water partition coefficient (Wildman–Crippen LogP) is 1.43. The van der Waals surface area contributed by atoms with Gasteiger partial charge in [0.05, 0.1) is 35.3 Å². The maximum atomic E-state index is 5.89. The minimum Gasteiger partial charge on any atom is -0.373 e. The third-order valence-corrected chi connectivity index (χ3v) is 3.19. The van der Waals surface area contributed by atoms with Gasteiger partial charge in [-0.25, -0.2) is 0 Å². The quantitative estimate of drug-likeness (QED) is 0.867. The van der Waals surface area contributed by atoms with E-state index in [9.17, 15) is 0 Å². The summed E-state index contributed by atoms with van der Waals surface area (Å²) in [5.41, 5.74) is 1.73. The largest absolute Gasteiger partial charge is 0.373 e. The zero-order valence-corrected chi connectivity index (χ0v) is 10.5. The van der Waals surface area contributed by atoms with Gasteiger partial charge in [-0.2, -0.15) is 0 Å². The molecule has 2 heterocycles. The molecule has 0 amide bonds. The molecule has 0 spiro atoms. The Morgan fingerprint density at radius 1 is 1.69 bits per heavy atom. The Morgan fingerprint density at radius 3 is 3.25 bits per heavy atom. The monoisotopic (exact) mass is 242 g/mol. The van der Waals surface area contributed by atoms with E-state index in [4.69, 9.17) is 9.47 Å². The first-order chi connectivity index (χ1) is 7.66. The Hall–Kier alpha value is -0.490. The summed E-state index contributed by atoms with van der Waals surface area (Å²) in [5, 5.41) is 3.35. The van der Waals surface area contributed by atoms with Gasteiger partial charge in [-0.05, 0) is 13.8 Å². The Bertz CT molecular complexity index is 314. The molecule has 1 aromatic heterocycles. The third kappa shape index (κ3) is 3.52. The van der Waals surface area contributed by atoms with Crippen LogP contribution >= 0.6 is 11.3 Å². The van der Waals surface area contributed by atoms with Gasteiger partial charge in [-0.3, -0.25) is 4.98 Å². The third-order valence-electron chi connectivity index (χ3n) is 2.44. The van der Waals surface area contributed by atoms with Crippen molar-refractivity contribution in [3.05, 3.63) is 16.6 Å². The molecule has 1 aliphatic rings. The number of morpholine rings is 1. The molecule has 0 aliphatic carbocycles. The molecule has 2 rings (SSSR count). The maximum absolute atomic E-state index is 5.89. The van der Waals surface area contributed by atoms with Crippen LogP contribution < -0.4 is 5.32 Å². The van der Waals surface area contributed by atoms with Gasteiger partial charge in [0.25, 0.3) is 0 Å². The Labute approximate surface area is 100.0 Å². The smallest absolute Gasteiger partial charge is 0.0940 e. The fraction of sp³-hybridized carbons (Fsp3) is 0.727. The van der Waals surface area contributed by atoms with E-state index in [1.165, 1.54) is 0 Å². The van der Waals surface area contributed by atoms with Crippen LogP contribution in [0.5, 0.6) is 0 Å². The molecule has 1 atom stereocenters. The molecule has 1 aliphatic heterocycles. The first-order valence-corrected chi connectivity index (χ1v) is 6.37. The number of thiazole rings is 1. The molecule has 4 nitrogen and oxygen atoms in total. The zero-order valence-electron chi connectivity index (χ0n) is 9.73. The second-order valence-electron chi connectivity index (χ2n) is 4.61. The number of aromatic nitrogens is 1. The molecular formula is C11H18N2O2S. The van der Waals surface area contributed by atoms with Crippen molar-refractivity contribution in [3.63, 3.8) is 0 Å². The van der Waals surface area contributed by atoms with E-state index in [1.807, 2.05) is 11.7 Å². The van der Waals surface area contributed by atoms with E-state index in [-0.39, 0.29) is 11.7 Å². The fourth-order valence-electron chi connectivity index (χ4n) is 1.77. The molecule has 0 radical (unpaired) electrons. The topological polar surface area (TPSA) is 43.4 Å². The minimum absolute atomic E-state index is 0.0865. The van der Waals surface area contributed by atoms with Gasteiger partial charge in [0.2, 0.25) is 0 Å². The molecule has 1 N–H and O–H groups in total. The predicted molar refractivity (Wildman–Crippen MR) is 63.6 cm³/mol. The van der Waals surface area contributed by atoms with Crippen molar-refractivity contribution >= 4 is 11.3 Å². The van der Waals surface area contributed by atoms with Crippen molar-refractivity contribution in [3.8, 4) is 0 Å². The maximum Gasteiger partial charge on any atom is 0.0940 e. The summed E-state index contributed by atoms with van der Waals surface area (Å²) in [7, 11) is 0. The van der Waals surface area contributed by atoms with Gasteiger partial charge >= 0.3 is 0 Å². The van der Waals surface area contributed by atoms with Crippen LogP contribution in [-0.4, -0.2) is 36.4 Å². The number of hydrogen-bond acceptors (Lipinski definition) is 5. The Morgan fingerprint density at radius 2 is 2.56 bits per heavy atom. The summed E-state index contributed by atoms with van der Waals surface area (Å²) >= 11 is 1.62. The number of rotatable bonds is 4. The second-order valence-corrected chi connectivity index (χ2v) is 5.58. The number of ether oxygens (including phenoxy) is 2. The van der Waals surface area contributed by atoms with Crippen LogP contribution in [0.4, 0.5) is 0 Å². The van der Waals surface area contributed by atoms with E-state index in [1.54, 1.807) is 11.3 Å². The van der Waals surface area contributed by atoms with Crippen LogP contribution in [0.3, 0.4) is 0 Å². The molecule has 0 bridgehead atoms. The average molecular weight is 242 g/mol. The molecule has 90 valence electrons. The van der Waals surface area contributed by atoms with Crippen LogP contribution in [0.2, 0.25) is 0 Å². The zero-order chi connectivity index (χ0) is 11.4. The SMILES string of the molecule is CC1(C)CNCC(COCc2cncs2)O1. The summed E-state index contributed by atoms with van der Waals surface area (Å²) in [4.78, 5) is 5.16. The average Bonchev–Trinajstić information content (AvgIpc) is 2.69. The molecule has 0 aromatic carbocycles. The molecule has 0 saturated carbocycles. The normalized spacial score (nSPS) is 24.5. The number of hydrogen-bond donors (Lipinski definition) is 1. The van der Waals surface area contributed by atoms with E-state index in [2.05, 4.69) is 24.1 Å². The van der Waals surface area contributed by atoms with Gasteiger partial charge in [0, 0.05) is 19.3 Å². The van der Waals surface area contributed by atoms with Crippen LogP contribution in [0.15, 0.2) is 11.7 Å². The Balaban J connectivity index is 1.70. The lowest BCUT2D eigenvalue weighted by Crippen LogP contribution is -2.51. The minimum atomic E-state index is -0.0865. The van der Waals surface area contributed by atoms with Gasteiger partial charge in [-0.1, -0.05) is 0 Å². The number of nitrogens with one attached hydrogen (secondary N) is 1. The lowest BCUT2D eigenvalue weighted by Gasteiger charge is -2.36. The van der Waals surface area contributed by atoms with Crippen molar-refractivity contribution in [2.24, 2.45) is 0 Å². The second kappa shape index (κ2) is 5.23.